The largest absolute Gasteiger partial charge is 0.497 e. The van der Waals surface area contributed by atoms with Crippen LogP contribution >= 0.6 is 0 Å². The second-order valence-electron chi connectivity index (χ2n) is 5.32. The number of aromatic nitrogens is 1. The number of nitrogens with zero attached hydrogens (tertiary/aromatic N) is 2. The molecule has 0 amide bonds. The molecular weight excluding hydrogens is 274 g/mol. The maximum atomic E-state index is 11.2. The van der Waals surface area contributed by atoms with Crippen molar-refractivity contribution in [2.24, 2.45) is 0 Å². The van der Waals surface area contributed by atoms with Crippen molar-refractivity contribution in [2.75, 3.05) is 19.0 Å². The van der Waals surface area contributed by atoms with Gasteiger partial charge in [-0.3, -0.25) is 10.1 Å². The monoisotopic (exact) mass is 291 g/mol. The minimum atomic E-state index is -0.990. The first-order chi connectivity index (χ1) is 9.81. The van der Waals surface area contributed by atoms with E-state index in [9.17, 15) is 15.2 Å². The molecule has 0 aliphatic rings. The molecule has 112 valence electrons. The van der Waals surface area contributed by atoms with E-state index in [2.05, 4.69) is 10.3 Å². The normalized spacial score (nSPS) is 11.4. The van der Waals surface area contributed by atoms with Gasteiger partial charge in [-0.25, -0.2) is 4.98 Å². The average Bonchev–Trinajstić information content (AvgIpc) is 2.42. The molecule has 0 spiro atoms. The van der Waals surface area contributed by atoms with Crippen molar-refractivity contribution in [1.82, 2.24) is 4.98 Å². The molecule has 0 bridgehead atoms. The van der Waals surface area contributed by atoms with Crippen molar-refractivity contribution in [3.8, 4) is 5.75 Å². The number of methoxy groups -OCH3 is 1. The van der Waals surface area contributed by atoms with Crippen LogP contribution in [0, 0.1) is 10.1 Å². The Morgan fingerprint density at radius 1 is 1.48 bits per heavy atom. The average molecular weight is 291 g/mol. The Morgan fingerprint density at radius 2 is 2.19 bits per heavy atom. The first-order valence-electron chi connectivity index (χ1n) is 6.39. The smallest absolute Gasteiger partial charge is 0.311 e. The van der Waals surface area contributed by atoms with Gasteiger partial charge in [0.1, 0.15) is 17.6 Å². The molecule has 0 atom stereocenters. The second-order valence-corrected chi connectivity index (χ2v) is 5.32. The fourth-order valence-electron chi connectivity index (χ4n) is 1.92. The highest BCUT2D eigenvalue weighted by molar-refractivity contribution is 5.96. The molecule has 2 rings (SSSR count). The topological polar surface area (TPSA) is 97.5 Å². The van der Waals surface area contributed by atoms with Gasteiger partial charge in [0.05, 0.1) is 23.2 Å². The Hall–Kier alpha value is -2.41. The molecule has 0 saturated heterocycles. The molecule has 2 N–H and O–H groups in total. The minimum Gasteiger partial charge on any atom is -0.497 e. The van der Waals surface area contributed by atoms with Gasteiger partial charge >= 0.3 is 5.69 Å². The number of rotatable bonds is 5. The third kappa shape index (κ3) is 3.38. The molecular formula is C14H17N3O4. The lowest BCUT2D eigenvalue weighted by atomic mass is 10.1. The van der Waals surface area contributed by atoms with Gasteiger partial charge in [-0.05, 0) is 26.0 Å². The van der Waals surface area contributed by atoms with Crippen LogP contribution in [0.1, 0.15) is 13.8 Å². The zero-order chi connectivity index (χ0) is 15.6. The van der Waals surface area contributed by atoms with E-state index >= 15 is 0 Å². The molecule has 0 unspecified atom stereocenters. The number of ether oxygens (including phenoxy) is 1. The Morgan fingerprint density at radius 3 is 2.76 bits per heavy atom. The molecule has 1 heterocycles. The van der Waals surface area contributed by atoms with Gasteiger partial charge in [0.2, 0.25) is 0 Å². The van der Waals surface area contributed by atoms with Crippen LogP contribution < -0.4 is 10.1 Å². The highest BCUT2D eigenvalue weighted by Gasteiger charge is 2.21. The fraction of sp³-hybridized carbons (Fsp3) is 0.357. The standard InChI is InChI=1S/C14H17N3O4/c1-14(2,18)8-16-13-10-5-4-9(21-3)6-11(10)15-7-12(13)17(19)20/h4-7,18H,8H2,1-3H3,(H,15,16). The third-order valence-electron chi connectivity index (χ3n) is 2.95. The van der Waals surface area contributed by atoms with Gasteiger partial charge in [0.15, 0.2) is 0 Å². The number of pyridine rings is 1. The van der Waals surface area contributed by atoms with Crippen LogP contribution in [0.25, 0.3) is 10.9 Å². The quantitative estimate of drug-likeness (QED) is 0.648. The maximum Gasteiger partial charge on any atom is 0.311 e. The SMILES string of the molecule is COc1ccc2c(NCC(C)(C)O)c([N+](=O)[O-])cnc2c1. The van der Waals surface area contributed by atoms with Crippen LogP contribution in [0.2, 0.25) is 0 Å². The van der Waals surface area contributed by atoms with Crippen LogP contribution in [-0.4, -0.2) is 34.3 Å². The summed E-state index contributed by atoms with van der Waals surface area (Å²) in [4.78, 5) is 14.7. The Balaban J connectivity index is 2.55. The van der Waals surface area contributed by atoms with Crippen molar-refractivity contribution in [2.45, 2.75) is 19.4 Å². The molecule has 1 aromatic heterocycles. The zero-order valence-electron chi connectivity index (χ0n) is 12.1. The van der Waals surface area contributed by atoms with Crippen LogP contribution in [-0.2, 0) is 0 Å². The van der Waals surface area contributed by atoms with E-state index in [1.807, 2.05) is 0 Å². The van der Waals surface area contributed by atoms with Crippen molar-refractivity contribution in [3.63, 3.8) is 0 Å². The summed E-state index contributed by atoms with van der Waals surface area (Å²) < 4.78 is 5.12. The van der Waals surface area contributed by atoms with Gasteiger partial charge in [-0.2, -0.15) is 0 Å². The molecule has 2 aromatic rings. The summed E-state index contributed by atoms with van der Waals surface area (Å²) in [5, 5.41) is 24.5. The summed E-state index contributed by atoms with van der Waals surface area (Å²) in [7, 11) is 1.54. The van der Waals surface area contributed by atoms with Gasteiger partial charge < -0.3 is 15.2 Å². The van der Waals surface area contributed by atoms with Crippen molar-refractivity contribution >= 4 is 22.3 Å². The third-order valence-corrected chi connectivity index (χ3v) is 2.95. The minimum absolute atomic E-state index is 0.128. The fourth-order valence-corrected chi connectivity index (χ4v) is 1.92. The van der Waals surface area contributed by atoms with Crippen molar-refractivity contribution in [3.05, 3.63) is 34.5 Å². The predicted octanol–water partition coefficient (Wildman–Crippen LogP) is 2.33. The van der Waals surface area contributed by atoms with Gasteiger partial charge in [0, 0.05) is 18.0 Å². The summed E-state index contributed by atoms with van der Waals surface area (Å²) in [6.07, 6.45) is 1.20. The maximum absolute atomic E-state index is 11.2. The number of nitrogens with one attached hydrogen (secondary N) is 1. The Labute approximate surface area is 121 Å². The van der Waals surface area contributed by atoms with Crippen molar-refractivity contribution < 1.29 is 14.8 Å². The number of nitro groups is 1. The first-order valence-corrected chi connectivity index (χ1v) is 6.39. The van der Waals surface area contributed by atoms with E-state index in [0.29, 0.717) is 22.3 Å². The number of hydrogen-bond acceptors (Lipinski definition) is 6. The number of benzene rings is 1. The van der Waals surface area contributed by atoms with Crippen molar-refractivity contribution in [1.29, 1.82) is 0 Å². The Bertz CT molecular complexity index is 680. The first kappa shape index (κ1) is 15.0. The second kappa shape index (κ2) is 5.53. The zero-order valence-corrected chi connectivity index (χ0v) is 12.1. The van der Waals surface area contributed by atoms with E-state index < -0.39 is 10.5 Å². The summed E-state index contributed by atoms with van der Waals surface area (Å²) in [6, 6.07) is 5.12. The van der Waals surface area contributed by atoms with Crippen LogP contribution in [0.4, 0.5) is 11.4 Å². The Kier molecular flexibility index (Phi) is 3.95. The number of fused-ring (bicyclic) bond motifs is 1. The molecule has 0 aliphatic heterocycles. The van der Waals surface area contributed by atoms with Gasteiger partial charge in [-0.15, -0.1) is 0 Å². The summed E-state index contributed by atoms with van der Waals surface area (Å²) in [5.41, 5.74) is -0.194. The van der Waals surface area contributed by atoms with Gasteiger partial charge in [0.25, 0.3) is 0 Å². The molecule has 7 heteroatoms. The van der Waals surface area contributed by atoms with E-state index in [4.69, 9.17) is 4.74 Å². The number of aliphatic hydroxyl groups is 1. The van der Waals surface area contributed by atoms with E-state index in [0.717, 1.165) is 0 Å². The lowest BCUT2D eigenvalue weighted by molar-refractivity contribution is -0.384. The molecule has 0 aliphatic carbocycles. The van der Waals surface area contributed by atoms with E-state index in [1.54, 1.807) is 39.2 Å². The highest BCUT2D eigenvalue weighted by Crippen LogP contribution is 2.33. The molecule has 0 fully saturated rings. The molecule has 21 heavy (non-hydrogen) atoms. The van der Waals surface area contributed by atoms with Crippen LogP contribution in [0.5, 0.6) is 5.75 Å². The van der Waals surface area contributed by atoms with Gasteiger partial charge in [-0.1, -0.05) is 0 Å². The lowest BCUT2D eigenvalue weighted by Gasteiger charge is -2.19. The summed E-state index contributed by atoms with van der Waals surface area (Å²) in [5.74, 6) is 0.622. The summed E-state index contributed by atoms with van der Waals surface area (Å²) in [6.45, 7) is 3.43. The lowest BCUT2D eigenvalue weighted by Crippen LogP contribution is -2.29. The molecule has 1 aromatic carbocycles. The molecule has 0 saturated carbocycles. The molecule has 7 nitrogen and oxygen atoms in total. The van der Waals surface area contributed by atoms with Crippen LogP contribution in [0.3, 0.4) is 0 Å². The highest BCUT2D eigenvalue weighted by atomic mass is 16.6. The number of anilines is 1. The predicted molar refractivity (Wildman–Crippen MR) is 79.7 cm³/mol. The number of hydrogen-bond donors (Lipinski definition) is 2. The van der Waals surface area contributed by atoms with E-state index in [-0.39, 0.29) is 12.2 Å². The molecule has 0 radical (unpaired) electrons. The van der Waals surface area contributed by atoms with E-state index in [1.165, 1.54) is 6.20 Å². The summed E-state index contributed by atoms with van der Waals surface area (Å²) >= 11 is 0. The van der Waals surface area contributed by atoms with Crippen LogP contribution in [0.15, 0.2) is 24.4 Å².